The Bertz CT molecular complexity index is 1320. The van der Waals surface area contributed by atoms with E-state index in [1.807, 2.05) is 0 Å². The molecule has 208 valence electrons. The number of rotatable bonds is 6. The van der Waals surface area contributed by atoms with Gasteiger partial charge in [-0.05, 0) is 43.2 Å². The summed E-state index contributed by atoms with van der Waals surface area (Å²) in [5.74, 6) is -6.33. The SMILES string of the molecule is COc1cccc(C(=O)O[C@@H]2[C@@H](n3cc(-c4cc(F)c(F)c(F)c4)nn3)[C@@H](O)[C@@H](CO)O[C@@]23CCCCO3)c1. The first kappa shape index (κ1) is 27.1. The number of aliphatic hydroxyl groups is 2. The van der Waals surface area contributed by atoms with E-state index in [-0.39, 0.29) is 29.8 Å². The van der Waals surface area contributed by atoms with Gasteiger partial charge in [0, 0.05) is 12.0 Å². The van der Waals surface area contributed by atoms with Crippen molar-refractivity contribution in [3.63, 3.8) is 0 Å². The Morgan fingerprint density at radius 2 is 1.97 bits per heavy atom. The van der Waals surface area contributed by atoms with Crippen molar-refractivity contribution in [2.45, 2.75) is 49.4 Å². The van der Waals surface area contributed by atoms with Crippen molar-refractivity contribution in [1.29, 1.82) is 0 Å². The van der Waals surface area contributed by atoms with E-state index in [1.165, 1.54) is 25.4 Å². The normalized spacial score (nSPS) is 26.9. The first-order chi connectivity index (χ1) is 18.8. The number of aliphatic hydroxyl groups excluding tert-OH is 2. The zero-order valence-electron chi connectivity index (χ0n) is 20.8. The van der Waals surface area contributed by atoms with Crippen molar-refractivity contribution in [1.82, 2.24) is 15.0 Å². The minimum atomic E-state index is -1.63. The van der Waals surface area contributed by atoms with Gasteiger partial charge in [-0.3, -0.25) is 0 Å². The van der Waals surface area contributed by atoms with E-state index < -0.39 is 60.2 Å². The lowest BCUT2D eigenvalue weighted by Crippen LogP contribution is -2.65. The molecule has 0 aliphatic carbocycles. The maximum Gasteiger partial charge on any atom is 0.338 e. The van der Waals surface area contributed by atoms with Crippen LogP contribution in [-0.2, 0) is 14.2 Å². The fourth-order valence-electron chi connectivity index (χ4n) is 4.95. The molecule has 1 aromatic heterocycles. The molecular formula is C26H26F3N3O7. The van der Waals surface area contributed by atoms with Gasteiger partial charge in [-0.1, -0.05) is 11.3 Å². The van der Waals surface area contributed by atoms with Crippen LogP contribution in [0.4, 0.5) is 13.2 Å². The number of halogens is 3. The second-order valence-electron chi connectivity index (χ2n) is 9.33. The monoisotopic (exact) mass is 549 g/mol. The number of methoxy groups -OCH3 is 1. The number of carbonyl (C=O) groups is 1. The van der Waals surface area contributed by atoms with Gasteiger partial charge in [0.25, 0.3) is 0 Å². The Balaban J connectivity index is 1.56. The predicted octanol–water partition coefficient (Wildman–Crippen LogP) is 2.79. The summed E-state index contributed by atoms with van der Waals surface area (Å²) in [4.78, 5) is 13.3. The Morgan fingerprint density at radius 1 is 1.21 bits per heavy atom. The van der Waals surface area contributed by atoms with Gasteiger partial charge in [-0.2, -0.15) is 0 Å². The van der Waals surface area contributed by atoms with Crippen LogP contribution in [-0.4, -0.2) is 75.6 Å². The Kier molecular flexibility index (Phi) is 7.58. The molecule has 5 atom stereocenters. The van der Waals surface area contributed by atoms with Crippen molar-refractivity contribution >= 4 is 5.97 Å². The lowest BCUT2D eigenvalue weighted by atomic mass is 9.86. The highest BCUT2D eigenvalue weighted by Gasteiger charge is 2.59. The molecule has 2 aromatic carbocycles. The maximum absolute atomic E-state index is 13.9. The van der Waals surface area contributed by atoms with Crippen LogP contribution in [0.3, 0.4) is 0 Å². The molecule has 0 saturated carbocycles. The van der Waals surface area contributed by atoms with Crippen LogP contribution in [0.25, 0.3) is 11.3 Å². The molecule has 0 radical (unpaired) electrons. The van der Waals surface area contributed by atoms with Gasteiger partial charge in [-0.15, -0.1) is 5.10 Å². The van der Waals surface area contributed by atoms with Gasteiger partial charge in [0.15, 0.2) is 23.6 Å². The van der Waals surface area contributed by atoms with Crippen LogP contribution in [0.1, 0.15) is 35.7 Å². The fourth-order valence-corrected chi connectivity index (χ4v) is 4.95. The summed E-state index contributed by atoms with van der Waals surface area (Å²) < 4.78 is 65.5. The van der Waals surface area contributed by atoms with Crippen LogP contribution in [0.5, 0.6) is 5.75 Å². The lowest BCUT2D eigenvalue weighted by Gasteiger charge is -2.51. The number of esters is 1. The van der Waals surface area contributed by atoms with Crippen LogP contribution < -0.4 is 4.74 Å². The second-order valence-corrected chi connectivity index (χ2v) is 9.33. The van der Waals surface area contributed by atoms with Crippen molar-refractivity contribution in [2.24, 2.45) is 0 Å². The van der Waals surface area contributed by atoms with Gasteiger partial charge >= 0.3 is 5.97 Å². The van der Waals surface area contributed by atoms with E-state index in [2.05, 4.69) is 10.3 Å². The lowest BCUT2D eigenvalue weighted by molar-refractivity contribution is -0.363. The second kappa shape index (κ2) is 10.9. The van der Waals surface area contributed by atoms with Gasteiger partial charge in [0.05, 0.1) is 32.1 Å². The molecule has 2 saturated heterocycles. The summed E-state index contributed by atoms with van der Waals surface area (Å²) in [6.45, 7) is -0.319. The van der Waals surface area contributed by atoms with Crippen LogP contribution in [0.15, 0.2) is 42.6 Å². The molecule has 5 rings (SSSR count). The number of hydrogen-bond donors (Lipinski definition) is 2. The van der Waals surface area contributed by atoms with E-state index >= 15 is 0 Å². The molecule has 0 unspecified atom stereocenters. The van der Waals surface area contributed by atoms with Crippen LogP contribution >= 0.6 is 0 Å². The standard InChI is InChI=1S/C26H26F3N3O7/c1-36-16-6-4-5-14(9-16)25(35)38-24-22(23(34)20(13-33)39-26(24)7-2-3-8-37-26)32-12-19(30-31-32)15-10-17(27)21(29)18(28)11-15/h4-6,9-12,20,22-24,33-34H,2-3,7-8,13H2,1H3/t20-,22+,23+,24-,26+/m1/s1. The number of hydrogen-bond acceptors (Lipinski definition) is 9. The van der Waals surface area contributed by atoms with Crippen molar-refractivity contribution in [3.05, 3.63) is 65.6 Å². The fraction of sp³-hybridized carbons (Fsp3) is 0.423. The third kappa shape index (κ3) is 5.10. The maximum atomic E-state index is 13.9. The molecule has 2 aliphatic rings. The first-order valence-electron chi connectivity index (χ1n) is 12.3. The highest BCUT2D eigenvalue weighted by Crippen LogP contribution is 2.44. The molecule has 2 aliphatic heterocycles. The first-order valence-corrected chi connectivity index (χ1v) is 12.3. The minimum Gasteiger partial charge on any atom is -0.497 e. The summed E-state index contributed by atoms with van der Waals surface area (Å²) >= 11 is 0. The number of ether oxygens (including phenoxy) is 4. The molecule has 39 heavy (non-hydrogen) atoms. The number of benzene rings is 2. The molecule has 3 heterocycles. The molecule has 0 amide bonds. The van der Waals surface area contributed by atoms with Crippen molar-refractivity contribution in [2.75, 3.05) is 20.3 Å². The average Bonchev–Trinajstić information content (AvgIpc) is 3.44. The zero-order valence-corrected chi connectivity index (χ0v) is 20.8. The average molecular weight is 550 g/mol. The van der Waals surface area contributed by atoms with Gasteiger partial charge in [-0.25, -0.2) is 22.6 Å². The molecule has 3 aromatic rings. The smallest absolute Gasteiger partial charge is 0.338 e. The number of carbonyl (C=O) groups excluding carboxylic acids is 1. The Hall–Kier alpha value is -3.52. The molecular weight excluding hydrogens is 523 g/mol. The summed E-state index contributed by atoms with van der Waals surface area (Å²) in [5.41, 5.74) is 0.0179. The Morgan fingerprint density at radius 3 is 2.64 bits per heavy atom. The molecule has 1 spiro atoms. The van der Waals surface area contributed by atoms with E-state index in [0.717, 1.165) is 16.8 Å². The van der Waals surface area contributed by atoms with Gasteiger partial charge in [0.1, 0.15) is 29.7 Å². The van der Waals surface area contributed by atoms with E-state index in [4.69, 9.17) is 18.9 Å². The third-order valence-corrected chi connectivity index (χ3v) is 6.91. The molecule has 2 N–H and O–H groups in total. The summed E-state index contributed by atoms with van der Waals surface area (Å²) in [5, 5.41) is 29.2. The summed E-state index contributed by atoms with van der Waals surface area (Å²) in [7, 11) is 1.45. The van der Waals surface area contributed by atoms with Gasteiger partial charge < -0.3 is 29.2 Å². The van der Waals surface area contributed by atoms with E-state index in [9.17, 15) is 28.2 Å². The molecule has 10 nitrogen and oxygen atoms in total. The van der Waals surface area contributed by atoms with Crippen molar-refractivity contribution < 1.29 is 47.1 Å². The zero-order chi connectivity index (χ0) is 27.7. The summed E-state index contributed by atoms with van der Waals surface area (Å²) in [6, 6.07) is 6.59. The highest BCUT2D eigenvalue weighted by atomic mass is 19.2. The number of aromatic nitrogens is 3. The minimum absolute atomic E-state index is 0.0384. The highest BCUT2D eigenvalue weighted by molar-refractivity contribution is 5.90. The van der Waals surface area contributed by atoms with Crippen molar-refractivity contribution in [3.8, 4) is 17.0 Å². The largest absolute Gasteiger partial charge is 0.497 e. The van der Waals surface area contributed by atoms with Gasteiger partial charge in [0.2, 0.25) is 5.79 Å². The van der Waals surface area contributed by atoms with Crippen LogP contribution in [0.2, 0.25) is 0 Å². The quantitative estimate of drug-likeness (QED) is 0.353. The molecule has 2 fully saturated rings. The third-order valence-electron chi connectivity index (χ3n) is 6.91. The van der Waals surface area contributed by atoms with Crippen LogP contribution in [0, 0.1) is 17.5 Å². The molecule has 13 heteroatoms. The van der Waals surface area contributed by atoms with E-state index in [1.54, 1.807) is 12.1 Å². The topological polar surface area (TPSA) is 125 Å². The molecule has 0 bridgehead atoms. The Labute approximate surface area is 220 Å². The number of nitrogens with zero attached hydrogens (tertiary/aromatic N) is 3. The van der Waals surface area contributed by atoms with E-state index in [0.29, 0.717) is 18.6 Å². The summed E-state index contributed by atoms with van der Waals surface area (Å²) in [6.07, 6.45) is -0.996. The predicted molar refractivity (Wildman–Crippen MR) is 127 cm³/mol.